The van der Waals surface area contributed by atoms with Gasteiger partial charge in [-0.15, -0.1) is 0 Å². The normalized spacial score (nSPS) is 16.1. The number of ether oxygens (including phenoxy) is 1. The molecule has 142 valence electrons. The summed E-state index contributed by atoms with van der Waals surface area (Å²) in [5, 5.41) is 13.9. The zero-order chi connectivity index (χ0) is 19.5. The van der Waals surface area contributed by atoms with Crippen LogP contribution in [0.4, 0.5) is 5.69 Å². The molecule has 1 fully saturated rings. The highest BCUT2D eigenvalue weighted by Crippen LogP contribution is 2.25. The van der Waals surface area contributed by atoms with Gasteiger partial charge in [0.25, 0.3) is 11.6 Å². The molecule has 1 aliphatic carbocycles. The molecule has 9 nitrogen and oxygen atoms in total. The highest BCUT2D eigenvalue weighted by molar-refractivity contribution is 7.90. The molecule has 1 aromatic carbocycles. The molecule has 1 aliphatic rings. The molecule has 2 rings (SSSR count). The van der Waals surface area contributed by atoms with Gasteiger partial charge in [0.2, 0.25) is 0 Å². The van der Waals surface area contributed by atoms with Crippen molar-refractivity contribution in [3.8, 4) is 0 Å². The zero-order valence-corrected chi connectivity index (χ0v) is 15.2. The number of sulfone groups is 1. The van der Waals surface area contributed by atoms with Crippen LogP contribution in [0.2, 0.25) is 0 Å². The number of hydrogen-bond donors (Lipinski definition) is 1. The predicted molar refractivity (Wildman–Crippen MR) is 91.5 cm³/mol. The maximum Gasteiger partial charge on any atom is 0.339 e. The second kappa shape index (κ2) is 7.81. The summed E-state index contributed by atoms with van der Waals surface area (Å²) in [6.07, 6.45) is 3.60. The van der Waals surface area contributed by atoms with Crippen molar-refractivity contribution in [3.63, 3.8) is 0 Å². The number of esters is 1. The number of amides is 1. The summed E-state index contributed by atoms with van der Waals surface area (Å²) < 4.78 is 28.2. The molecule has 26 heavy (non-hydrogen) atoms. The first-order valence-corrected chi connectivity index (χ1v) is 9.98. The van der Waals surface area contributed by atoms with Crippen LogP contribution in [0.5, 0.6) is 0 Å². The van der Waals surface area contributed by atoms with E-state index >= 15 is 0 Å². The molecular formula is C16H20N2O7S. The Balaban J connectivity index is 2.12. The molecule has 0 bridgehead atoms. The minimum absolute atomic E-state index is 0.0683. The van der Waals surface area contributed by atoms with Gasteiger partial charge in [0.05, 0.1) is 10.5 Å². The van der Waals surface area contributed by atoms with E-state index in [0.29, 0.717) is 0 Å². The SMILES string of the molecule is C[C@H](OC(=O)c1ccc(S(C)(=O)=O)c([N+](=O)[O-])c1)C(=O)NC1CCCC1. The Hall–Kier alpha value is -2.49. The molecule has 0 aliphatic heterocycles. The minimum Gasteiger partial charge on any atom is -0.449 e. The summed E-state index contributed by atoms with van der Waals surface area (Å²) in [7, 11) is -3.83. The maximum atomic E-state index is 12.2. The summed E-state index contributed by atoms with van der Waals surface area (Å²) in [6, 6.07) is 3.00. The number of carbonyl (C=O) groups excluding carboxylic acids is 2. The number of hydrogen-bond acceptors (Lipinski definition) is 7. The molecule has 0 saturated heterocycles. The van der Waals surface area contributed by atoms with Crippen LogP contribution >= 0.6 is 0 Å². The number of nitrogens with zero attached hydrogens (tertiary/aromatic N) is 1. The molecule has 0 aromatic heterocycles. The standard InChI is InChI=1S/C16H20N2O7S/c1-10(15(19)17-12-5-3-4-6-12)25-16(20)11-7-8-14(26(2,23)24)13(9-11)18(21)22/h7-10,12H,3-6H2,1-2H3,(H,17,19)/t10-/m0/s1. The first-order chi connectivity index (χ1) is 12.1. The van der Waals surface area contributed by atoms with Crippen molar-refractivity contribution in [1.29, 1.82) is 0 Å². The first-order valence-electron chi connectivity index (χ1n) is 8.09. The third-order valence-electron chi connectivity index (χ3n) is 4.15. The Labute approximate surface area is 150 Å². The van der Waals surface area contributed by atoms with Crippen LogP contribution in [-0.2, 0) is 19.4 Å². The van der Waals surface area contributed by atoms with Crippen LogP contribution in [0.1, 0.15) is 43.0 Å². The van der Waals surface area contributed by atoms with E-state index in [4.69, 9.17) is 4.74 Å². The average molecular weight is 384 g/mol. The van der Waals surface area contributed by atoms with Gasteiger partial charge in [-0.3, -0.25) is 14.9 Å². The van der Waals surface area contributed by atoms with Crippen LogP contribution in [0.15, 0.2) is 23.1 Å². The topological polar surface area (TPSA) is 133 Å². The van der Waals surface area contributed by atoms with Crippen LogP contribution in [0.3, 0.4) is 0 Å². The highest BCUT2D eigenvalue weighted by atomic mass is 32.2. The van der Waals surface area contributed by atoms with Crippen molar-refractivity contribution >= 4 is 27.4 Å². The lowest BCUT2D eigenvalue weighted by molar-refractivity contribution is -0.387. The monoisotopic (exact) mass is 384 g/mol. The lowest BCUT2D eigenvalue weighted by Crippen LogP contribution is -2.40. The van der Waals surface area contributed by atoms with E-state index in [0.717, 1.165) is 50.1 Å². The van der Waals surface area contributed by atoms with E-state index in [1.54, 1.807) is 0 Å². The summed E-state index contributed by atoms with van der Waals surface area (Å²) in [4.78, 5) is 33.9. The van der Waals surface area contributed by atoms with Crippen molar-refractivity contribution in [3.05, 3.63) is 33.9 Å². The number of benzene rings is 1. The Bertz CT molecular complexity index is 829. The average Bonchev–Trinajstić information content (AvgIpc) is 3.06. The van der Waals surface area contributed by atoms with E-state index in [1.165, 1.54) is 6.92 Å². The molecule has 1 saturated carbocycles. The van der Waals surface area contributed by atoms with E-state index in [-0.39, 0.29) is 11.6 Å². The van der Waals surface area contributed by atoms with E-state index in [2.05, 4.69) is 5.32 Å². The number of nitro groups is 1. The highest BCUT2D eigenvalue weighted by Gasteiger charge is 2.27. The van der Waals surface area contributed by atoms with Crippen molar-refractivity contribution in [2.45, 2.75) is 49.6 Å². The zero-order valence-electron chi connectivity index (χ0n) is 14.4. The molecule has 0 heterocycles. The van der Waals surface area contributed by atoms with Crippen LogP contribution in [0.25, 0.3) is 0 Å². The van der Waals surface area contributed by atoms with Gasteiger partial charge in [-0.25, -0.2) is 13.2 Å². The number of nitro benzene ring substituents is 1. The van der Waals surface area contributed by atoms with Crippen molar-refractivity contribution in [1.82, 2.24) is 5.32 Å². The van der Waals surface area contributed by atoms with Gasteiger partial charge in [-0.1, -0.05) is 12.8 Å². The molecule has 1 atom stereocenters. The smallest absolute Gasteiger partial charge is 0.339 e. The van der Waals surface area contributed by atoms with Gasteiger partial charge in [0, 0.05) is 18.4 Å². The molecular weight excluding hydrogens is 364 g/mol. The van der Waals surface area contributed by atoms with Gasteiger partial charge in [0.15, 0.2) is 15.9 Å². The molecule has 1 aromatic rings. The third kappa shape index (κ3) is 4.78. The molecule has 1 amide bonds. The van der Waals surface area contributed by atoms with Crippen molar-refractivity contribution < 1.29 is 27.7 Å². The Morgan fingerprint density at radius 1 is 1.31 bits per heavy atom. The lowest BCUT2D eigenvalue weighted by Gasteiger charge is -2.17. The lowest BCUT2D eigenvalue weighted by atomic mass is 10.2. The summed E-state index contributed by atoms with van der Waals surface area (Å²) in [6.45, 7) is 1.40. The maximum absolute atomic E-state index is 12.2. The quantitative estimate of drug-likeness (QED) is 0.447. The fourth-order valence-corrected chi connectivity index (χ4v) is 3.60. The van der Waals surface area contributed by atoms with Gasteiger partial charge in [-0.05, 0) is 31.9 Å². The second-order valence-electron chi connectivity index (χ2n) is 6.25. The van der Waals surface area contributed by atoms with Crippen LogP contribution in [-0.4, -0.2) is 43.6 Å². The van der Waals surface area contributed by atoms with E-state index in [9.17, 15) is 28.1 Å². The Morgan fingerprint density at radius 3 is 2.46 bits per heavy atom. The summed E-state index contributed by atoms with van der Waals surface area (Å²) in [5.41, 5.74) is -0.922. The van der Waals surface area contributed by atoms with Gasteiger partial charge >= 0.3 is 5.97 Å². The molecule has 0 radical (unpaired) electrons. The van der Waals surface area contributed by atoms with E-state index < -0.39 is 43.3 Å². The summed E-state index contributed by atoms with van der Waals surface area (Å²) in [5.74, 6) is -1.38. The van der Waals surface area contributed by atoms with Crippen molar-refractivity contribution in [2.75, 3.05) is 6.26 Å². The number of carbonyl (C=O) groups is 2. The Morgan fingerprint density at radius 2 is 1.92 bits per heavy atom. The van der Waals surface area contributed by atoms with Gasteiger partial charge in [0.1, 0.15) is 4.90 Å². The number of rotatable bonds is 6. The van der Waals surface area contributed by atoms with E-state index in [1.807, 2.05) is 0 Å². The number of nitrogens with one attached hydrogen (secondary N) is 1. The third-order valence-corrected chi connectivity index (χ3v) is 5.29. The van der Waals surface area contributed by atoms with Crippen molar-refractivity contribution in [2.24, 2.45) is 0 Å². The molecule has 10 heteroatoms. The fourth-order valence-electron chi connectivity index (χ4n) is 2.77. The van der Waals surface area contributed by atoms with Gasteiger partial charge < -0.3 is 10.1 Å². The minimum atomic E-state index is -3.83. The summed E-state index contributed by atoms with van der Waals surface area (Å²) >= 11 is 0. The largest absolute Gasteiger partial charge is 0.449 e. The first kappa shape index (κ1) is 19.8. The Kier molecular flexibility index (Phi) is 5.96. The van der Waals surface area contributed by atoms with Gasteiger partial charge in [-0.2, -0.15) is 0 Å². The van der Waals surface area contributed by atoms with Crippen LogP contribution in [0, 0.1) is 10.1 Å². The molecule has 0 spiro atoms. The molecule has 1 N–H and O–H groups in total. The fraction of sp³-hybridized carbons (Fsp3) is 0.500. The predicted octanol–water partition coefficient (Wildman–Crippen LogP) is 1.60. The molecule has 0 unspecified atom stereocenters. The van der Waals surface area contributed by atoms with Crippen LogP contribution < -0.4 is 5.32 Å². The second-order valence-corrected chi connectivity index (χ2v) is 8.23.